The van der Waals surface area contributed by atoms with Gasteiger partial charge in [-0.3, -0.25) is 0 Å². The van der Waals surface area contributed by atoms with Crippen molar-refractivity contribution < 1.29 is 16.8 Å². The van der Waals surface area contributed by atoms with Crippen LogP contribution < -0.4 is 0 Å². The smallest absolute Gasteiger partial charge is 0.228 e. The number of rotatable bonds is 4. The largest absolute Gasteiger partial charge is 0.243 e. The molecule has 1 saturated heterocycles. The zero-order valence-corrected chi connectivity index (χ0v) is 15.9. The Hall–Kier alpha value is -0.920. The summed E-state index contributed by atoms with van der Waals surface area (Å²) < 4.78 is 51.9. The van der Waals surface area contributed by atoms with Gasteiger partial charge < -0.3 is 0 Å². The SMILES string of the molecule is Cc1ccc(S(=O)(=O)N2CC(S(=O)(=O)C3CCCCC3)C2)cc1C. The summed E-state index contributed by atoms with van der Waals surface area (Å²) in [4.78, 5) is 0.249. The number of sulfonamides is 1. The van der Waals surface area contributed by atoms with Crippen LogP contribution >= 0.6 is 0 Å². The van der Waals surface area contributed by atoms with Crippen molar-refractivity contribution in [3.8, 4) is 0 Å². The lowest BCUT2D eigenvalue weighted by atomic mass is 10.0. The third kappa shape index (κ3) is 3.13. The highest BCUT2D eigenvalue weighted by Gasteiger charge is 2.46. The molecule has 1 saturated carbocycles. The van der Waals surface area contributed by atoms with E-state index in [1.807, 2.05) is 13.8 Å². The third-order valence-electron chi connectivity index (χ3n) is 5.41. The molecule has 0 bridgehead atoms. The van der Waals surface area contributed by atoms with Crippen LogP contribution in [0.3, 0.4) is 0 Å². The van der Waals surface area contributed by atoms with Crippen molar-refractivity contribution >= 4 is 19.9 Å². The second kappa shape index (κ2) is 6.42. The summed E-state index contributed by atoms with van der Waals surface area (Å²) in [5, 5.41) is -0.815. The fourth-order valence-corrected chi connectivity index (χ4v) is 7.61. The van der Waals surface area contributed by atoms with Gasteiger partial charge in [0.15, 0.2) is 9.84 Å². The zero-order chi connectivity index (χ0) is 17.5. The van der Waals surface area contributed by atoms with E-state index < -0.39 is 25.1 Å². The Morgan fingerprint density at radius 2 is 1.50 bits per heavy atom. The molecule has 1 aromatic rings. The van der Waals surface area contributed by atoms with Gasteiger partial charge >= 0.3 is 0 Å². The average molecular weight is 372 g/mol. The quantitative estimate of drug-likeness (QED) is 0.815. The van der Waals surface area contributed by atoms with Crippen LogP contribution in [-0.4, -0.2) is 44.7 Å². The topological polar surface area (TPSA) is 71.5 Å². The maximum atomic E-state index is 12.7. The molecule has 7 heteroatoms. The molecule has 0 spiro atoms. The number of aryl methyl sites for hydroxylation is 2. The fraction of sp³-hybridized carbons (Fsp3) is 0.647. The third-order valence-corrected chi connectivity index (χ3v) is 9.87. The van der Waals surface area contributed by atoms with Gasteiger partial charge in [-0.05, 0) is 49.9 Å². The van der Waals surface area contributed by atoms with Crippen LogP contribution in [0.4, 0.5) is 0 Å². The lowest BCUT2D eigenvalue weighted by Crippen LogP contribution is -2.58. The molecule has 1 aliphatic carbocycles. The van der Waals surface area contributed by atoms with Crippen LogP contribution in [0.1, 0.15) is 43.2 Å². The first-order valence-electron chi connectivity index (χ1n) is 8.53. The van der Waals surface area contributed by atoms with Crippen molar-refractivity contribution in [3.63, 3.8) is 0 Å². The van der Waals surface area contributed by atoms with Gasteiger partial charge in [0.1, 0.15) is 0 Å². The molecule has 5 nitrogen and oxygen atoms in total. The predicted octanol–water partition coefficient (Wildman–Crippen LogP) is 2.42. The van der Waals surface area contributed by atoms with Crippen molar-refractivity contribution in [2.24, 2.45) is 0 Å². The van der Waals surface area contributed by atoms with Crippen LogP contribution in [0.15, 0.2) is 23.1 Å². The minimum absolute atomic E-state index is 0.0914. The van der Waals surface area contributed by atoms with Crippen LogP contribution in [-0.2, 0) is 19.9 Å². The van der Waals surface area contributed by atoms with Crippen molar-refractivity contribution in [1.29, 1.82) is 0 Å². The summed E-state index contributed by atoms with van der Waals surface area (Å²) in [5.74, 6) is 0. The predicted molar refractivity (Wildman–Crippen MR) is 94.3 cm³/mol. The Kier molecular flexibility index (Phi) is 4.79. The molecule has 1 heterocycles. The van der Waals surface area contributed by atoms with Gasteiger partial charge in [0.25, 0.3) is 0 Å². The molecule has 1 aromatic carbocycles. The molecule has 134 valence electrons. The van der Waals surface area contributed by atoms with Crippen molar-refractivity contribution in [3.05, 3.63) is 29.3 Å². The zero-order valence-electron chi connectivity index (χ0n) is 14.2. The van der Waals surface area contributed by atoms with E-state index in [1.165, 1.54) is 4.31 Å². The van der Waals surface area contributed by atoms with E-state index >= 15 is 0 Å². The second-order valence-electron chi connectivity index (χ2n) is 7.04. The van der Waals surface area contributed by atoms with E-state index in [4.69, 9.17) is 0 Å². The molecule has 2 aliphatic rings. The normalized spacial score (nSPS) is 21.6. The van der Waals surface area contributed by atoms with E-state index in [2.05, 4.69) is 0 Å². The molecule has 3 rings (SSSR count). The standard InChI is InChI=1S/C17H25NO4S2/c1-13-8-9-16(10-14(13)2)24(21,22)18-11-17(12-18)23(19,20)15-6-4-3-5-7-15/h8-10,15,17H,3-7,11-12H2,1-2H3. The molecule has 0 atom stereocenters. The monoisotopic (exact) mass is 371 g/mol. The molecule has 0 unspecified atom stereocenters. The first-order chi connectivity index (χ1) is 11.2. The van der Waals surface area contributed by atoms with E-state index in [-0.39, 0.29) is 23.2 Å². The maximum absolute atomic E-state index is 12.7. The van der Waals surface area contributed by atoms with Gasteiger partial charge in [-0.2, -0.15) is 4.31 Å². The van der Waals surface area contributed by atoms with Gasteiger partial charge in [0.05, 0.1) is 15.4 Å². The van der Waals surface area contributed by atoms with Crippen LogP contribution in [0, 0.1) is 13.8 Å². The van der Waals surface area contributed by atoms with Crippen LogP contribution in [0.2, 0.25) is 0 Å². The van der Waals surface area contributed by atoms with Gasteiger partial charge in [-0.25, -0.2) is 16.8 Å². The molecular weight excluding hydrogens is 346 g/mol. The summed E-state index contributed by atoms with van der Waals surface area (Å²) >= 11 is 0. The highest BCUT2D eigenvalue weighted by Crippen LogP contribution is 2.32. The van der Waals surface area contributed by atoms with E-state index in [0.717, 1.165) is 43.2 Å². The Bertz CT molecular complexity index is 818. The molecule has 1 aliphatic heterocycles. The van der Waals surface area contributed by atoms with Gasteiger partial charge in [0, 0.05) is 13.1 Å². The van der Waals surface area contributed by atoms with Gasteiger partial charge in [-0.1, -0.05) is 25.3 Å². The van der Waals surface area contributed by atoms with E-state index in [1.54, 1.807) is 18.2 Å². The first-order valence-corrected chi connectivity index (χ1v) is 11.6. The fourth-order valence-electron chi connectivity index (χ4n) is 3.49. The summed E-state index contributed by atoms with van der Waals surface area (Å²) in [5.41, 5.74) is 1.96. The Morgan fingerprint density at radius 1 is 0.875 bits per heavy atom. The molecule has 24 heavy (non-hydrogen) atoms. The number of nitrogens with zero attached hydrogens (tertiary/aromatic N) is 1. The minimum Gasteiger partial charge on any atom is -0.228 e. The Labute approximate surface area is 145 Å². The van der Waals surface area contributed by atoms with Crippen molar-refractivity contribution in [1.82, 2.24) is 4.31 Å². The summed E-state index contributed by atoms with van der Waals surface area (Å²) in [6, 6.07) is 5.05. The van der Waals surface area contributed by atoms with Crippen molar-refractivity contribution in [2.75, 3.05) is 13.1 Å². The number of hydrogen-bond donors (Lipinski definition) is 0. The van der Waals surface area contributed by atoms with E-state index in [9.17, 15) is 16.8 Å². The second-order valence-corrected chi connectivity index (χ2v) is 11.5. The summed E-state index contributed by atoms with van der Waals surface area (Å²) in [7, 11) is -6.82. The summed E-state index contributed by atoms with van der Waals surface area (Å²) in [6.45, 7) is 3.99. The Morgan fingerprint density at radius 3 is 2.08 bits per heavy atom. The van der Waals surface area contributed by atoms with Crippen LogP contribution in [0.25, 0.3) is 0 Å². The lowest BCUT2D eigenvalue weighted by Gasteiger charge is -2.39. The Balaban J connectivity index is 1.72. The minimum atomic E-state index is -3.60. The van der Waals surface area contributed by atoms with Crippen molar-refractivity contribution in [2.45, 2.75) is 61.3 Å². The summed E-state index contributed by atoms with van der Waals surface area (Å²) in [6.07, 6.45) is 4.47. The van der Waals surface area contributed by atoms with E-state index in [0.29, 0.717) is 0 Å². The number of hydrogen-bond acceptors (Lipinski definition) is 4. The molecular formula is C17H25NO4S2. The molecule has 2 fully saturated rings. The van der Waals surface area contributed by atoms with Crippen LogP contribution in [0.5, 0.6) is 0 Å². The molecule has 0 aromatic heterocycles. The first kappa shape index (κ1) is 17.9. The number of sulfone groups is 1. The molecule has 0 amide bonds. The lowest BCUT2D eigenvalue weighted by molar-refractivity contribution is 0.306. The highest BCUT2D eigenvalue weighted by molar-refractivity contribution is 7.93. The number of benzene rings is 1. The maximum Gasteiger partial charge on any atom is 0.243 e. The highest BCUT2D eigenvalue weighted by atomic mass is 32.2. The average Bonchev–Trinajstić information content (AvgIpc) is 2.48. The molecule has 0 N–H and O–H groups in total. The van der Waals surface area contributed by atoms with Gasteiger partial charge in [-0.15, -0.1) is 0 Å². The van der Waals surface area contributed by atoms with Gasteiger partial charge in [0.2, 0.25) is 10.0 Å². The molecule has 0 radical (unpaired) electrons.